The Bertz CT molecular complexity index is 285. The van der Waals surface area contributed by atoms with E-state index in [-0.39, 0.29) is 16.5 Å². The lowest BCUT2D eigenvalue weighted by molar-refractivity contribution is -0.134. The Kier molecular flexibility index (Phi) is 4.64. The van der Waals surface area contributed by atoms with E-state index in [1.165, 1.54) is 25.7 Å². The summed E-state index contributed by atoms with van der Waals surface area (Å²) >= 11 is 0. The number of carbonyl (C=O) groups is 1. The fraction of sp³-hybridized carbons (Fsp3) is 0.938. The number of hydrogen-bond acceptors (Lipinski definition) is 2. The van der Waals surface area contributed by atoms with Gasteiger partial charge in [-0.25, -0.2) is 0 Å². The molecule has 0 aliphatic heterocycles. The minimum Gasteiger partial charge on any atom is -0.300 e. The van der Waals surface area contributed by atoms with E-state index in [9.17, 15) is 4.79 Å². The molecule has 0 aromatic carbocycles. The van der Waals surface area contributed by atoms with E-state index in [4.69, 9.17) is 0 Å². The van der Waals surface area contributed by atoms with E-state index < -0.39 is 0 Å². The zero-order valence-corrected chi connectivity index (χ0v) is 13.2. The Morgan fingerprint density at radius 1 is 0.889 bits per heavy atom. The molecule has 1 N–H and O–H groups in total. The standard InChI is InChI=1S/C16H31NO/c1-14(2,3)13(18)16(17-15(4,5)6)11-9-7-8-10-12-16/h17H,7-12H2,1-6H3. The average molecular weight is 253 g/mol. The van der Waals surface area contributed by atoms with Crippen LogP contribution in [0, 0.1) is 5.41 Å². The lowest BCUT2D eigenvalue weighted by Crippen LogP contribution is -2.61. The zero-order chi connectivity index (χ0) is 14.0. The Balaban J connectivity index is 3.03. The van der Waals surface area contributed by atoms with Crippen LogP contribution in [-0.4, -0.2) is 16.9 Å². The van der Waals surface area contributed by atoms with E-state index in [1.54, 1.807) is 0 Å². The van der Waals surface area contributed by atoms with Gasteiger partial charge in [0.2, 0.25) is 0 Å². The summed E-state index contributed by atoms with van der Waals surface area (Å²) in [5, 5.41) is 3.67. The van der Waals surface area contributed by atoms with E-state index >= 15 is 0 Å². The van der Waals surface area contributed by atoms with Crippen LogP contribution in [0.3, 0.4) is 0 Å². The lowest BCUT2D eigenvalue weighted by Gasteiger charge is -2.42. The molecule has 1 rings (SSSR count). The van der Waals surface area contributed by atoms with Gasteiger partial charge in [0.25, 0.3) is 0 Å². The van der Waals surface area contributed by atoms with Crippen LogP contribution < -0.4 is 5.32 Å². The van der Waals surface area contributed by atoms with Gasteiger partial charge in [0.05, 0.1) is 5.54 Å². The van der Waals surface area contributed by atoms with E-state index in [0.717, 1.165) is 12.8 Å². The molecule has 2 heteroatoms. The van der Waals surface area contributed by atoms with Crippen molar-refractivity contribution in [2.75, 3.05) is 0 Å². The first-order valence-corrected chi connectivity index (χ1v) is 7.41. The Hall–Kier alpha value is -0.370. The lowest BCUT2D eigenvalue weighted by atomic mass is 9.73. The molecule has 1 fully saturated rings. The van der Waals surface area contributed by atoms with Crippen LogP contribution in [0.1, 0.15) is 80.1 Å². The van der Waals surface area contributed by atoms with Gasteiger partial charge in [-0.05, 0) is 33.6 Å². The normalized spacial score (nSPS) is 21.4. The first-order valence-electron chi connectivity index (χ1n) is 7.41. The molecule has 1 aliphatic rings. The summed E-state index contributed by atoms with van der Waals surface area (Å²) < 4.78 is 0. The highest BCUT2D eigenvalue weighted by Gasteiger charge is 2.45. The second kappa shape index (κ2) is 5.32. The molecule has 0 bridgehead atoms. The van der Waals surface area contributed by atoms with E-state index in [1.807, 2.05) is 20.8 Å². The molecule has 2 nitrogen and oxygen atoms in total. The summed E-state index contributed by atoms with van der Waals surface area (Å²) in [6.07, 6.45) is 6.88. The largest absolute Gasteiger partial charge is 0.300 e. The van der Waals surface area contributed by atoms with Gasteiger partial charge in [0, 0.05) is 11.0 Å². The van der Waals surface area contributed by atoms with Crippen molar-refractivity contribution in [2.24, 2.45) is 5.41 Å². The minimum absolute atomic E-state index is 0.00868. The van der Waals surface area contributed by atoms with E-state index in [0.29, 0.717) is 5.78 Å². The average Bonchev–Trinajstić information content (AvgIpc) is 2.39. The van der Waals surface area contributed by atoms with Crippen molar-refractivity contribution in [3.8, 4) is 0 Å². The number of ketones is 1. The fourth-order valence-electron chi connectivity index (χ4n) is 3.18. The third kappa shape index (κ3) is 4.08. The molecule has 18 heavy (non-hydrogen) atoms. The van der Waals surface area contributed by atoms with Gasteiger partial charge in [-0.2, -0.15) is 0 Å². The minimum atomic E-state index is -0.299. The molecule has 0 amide bonds. The van der Waals surface area contributed by atoms with Crippen molar-refractivity contribution >= 4 is 5.78 Å². The van der Waals surface area contributed by atoms with Gasteiger partial charge < -0.3 is 5.32 Å². The molecule has 1 saturated carbocycles. The van der Waals surface area contributed by atoms with Crippen LogP contribution in [0.15, 0.2) is 0 Å². The second-order valence-electron chi connectivity index (χ2n) is 7.95. The molecule has 0 radical (unpaired) electrons. The number of Topliss-reactive ketones (excluding diaryl/α,β-unsaturated/α-hetero) is 1. The highest BCUT2D eigenvalue weighted by Crippen LogP contribution is 2.35. The smallest absolute Gasteiger partial charge is 0.158 e. The third-order valence-corrected chi connectivity index (χ3v) is 3.69. The Morgan fingerprint density at radius 2 is 1.33 bits per heavy atom. The highest BCUT2D eigenvalue weighted by atomic mass is 16.1. The maximum atomic E-state index is 12.9. The summed E-state index contributed by atoms with van der Waals surface area (Å²) in [5.74, 6) is 0.395. The molecule has 0 saturated heterocycles. The topological polar surface area (TPSA) is 29.1 Å². The molecule has 1 aliphatic carbocycles. The summed E-state index contributed by atoms with van der Waals surface area (Å²) in [6.45, 7) is 12.6. The van der Waals surface area contributed by atoms with Crippen LogP contribution in [0.2, 0.25) is 0 Å². The number of hydrogen-bond donors (Lipinski definition) is 1. The van der Waals surface area contributed by atoms with Crippen LogP contribution in [-0.2, 0) is 4.79 Å². The van der Waals surface area contributed by atoms with Gasteiger partial charge in [-0.3, -0.25) is 4.79 Å². The van der Waals surface area contributed by atoms with Gasteiger partial charge in [0.1, 0.15) is 0 Å². The Morgan fingerprint density at radius 3 is 1.67 bits per heavy atom. The third-order valence-electron chi connectivity index (χ3n) is 3.69. The molecule has 0 atom stereocenters. The van der Waals surface area contributed by atoms with Crippen LogP contribution in [0.5, 0.6) is 0 Å². The first-order chi connectivity index (χ1) is 8.07. The molecular weight excluding hydrogens is 222 g/mol. The van der Waals surface area contributed by atoms with Gasteiger partial charge in [0.15, 0.2) is 5.78 Å². The molecule has 0 spiro atoms. The Labute approximate surface area is 113 Å². The van der Waals surface area contributed by atoms with Crippen LogP contribution in [0.25, 0.3) is 0 Å². The van der Waals surface area contributed by atoms with Crippen molar-refractivity contribution in [1.82, 2.24) is 5.32 Å². The molecule has 0 unspecified atom stereocenters. The van der Waals surface area contributed by atoms with Gasteiger partial charge in [-0.15, -0.1) is 0 Å². The van der Waals surface area contributed by atoms with Crippen molar-refractivity contribution in [3.63, 3.8) is 0 Å². The fourth-order valence-corrected chi connectivity index (χ4v) is 3.18. The maximum Gasteiger partial charge on any atom is 0.158 e. The second-order valence-corrected chi connectivity index (χ2v) is 7.95. The molecular formula is C16H31NO. The predicted octanol–water partition coefficient (Wildman–Crippen LogP) is 4.08. The number of carbonyl (C=O) groups excluding carboxylic acids is 1. The monoisotopic (exact) mass is 253 g/mol. The van der Waals surface area contributed by atoms with Crippen molar-refractivity contribution in [1.29, 1.82) is 0 Å². The number of rotatable bonds is 2. The molecule has 0 heterocycles. The summed E-state index contributed by atoms with van der Waals surface area (Å²) in [7, 11) is 0. The number of nitrogens with one attached hydrogen (secondary N) is 1. The highest BCUT2D eigenvalue weighted by molar-refractivity contribution is 5.92. The molecule has 0 aromatic heterocycles. The van der Waals surface area contributed by atoms with Gasteiger partial charge >= 0.3 is 0 Å². The molecule has 106 valence electrons. The maximum absolute atomic E-state index is 12.9. The molecule has 0 aromatic rings. The predicted molar refractivity (Wildman–Crippen MR) is 77.8 cm³/mol. The van der Waals surface area contributed by atoms with Crippen molar-refractivity contribution in [2.45, 2.75) is 91.1 Å². The van der Waals surface area contributed by atoms with Crippen LogP contribution in [0.4, 0.5) is 0 Å². The first kappa shape index (κ1) is 15.7. The SMILES string of the molecule is CC(C)(C)NC1(C(=O)C(C)(C)C)CCCCCC1. The zero-order valence-electron chi connectivity index (χ0n) is 13.2. The summed E-state index contributed by atoms with van der Waals surface area (Å²) in [6, 6.07) is 0. The van der Waals surface area contributed by atoms with Crippen LogP contribution >= 0.6 is 0 Å². The van der Waals surface area contributed by atoms with Crippen molar-refractivity contribution < 1.29 is 4.79 Å². The summed E-state index contributed by atoms with van der Waals surface area (Å²) in [4.78, 5) is 12.9. The summed E-state index contributed by atoms with van der Waals surface area (Å²) in [5.41, 5.74) is -0.569. The van der Waals surface area contributed by atoms with E-state index in [2.05, 4.69) is 26.1 Å². The quantitative estimate of drug-likeness (QED) is 0.751. The van der Waals surface area contributed by atoms with Crippen molar-refractivity contribution in [3.05, 3.63) is 0 Å². The van der Waals surface area contributed by atoms with Gasteiger partial charge in [-0.1, -0.05) is 46.5 Å².